The number of anilines is 1. The summed E-state index contributed by atoms with van der Waals surface area (Å²) in [7, 11) is -3.53. The van der Waals surface area contributed by atoms with Gasteiger partial charge in [-0.25, -0.2) is 8.42 Å². The number of rotatable bonds is 4. The highest BCUT2D eigenvalue weighted by molar-refractivity contribution is 7.89. The number of carbonyl (C=O) groups is 1. The monoisotopic (exact) mass is 412 g/mol. The Bertz CT molecular complexity index is 1120. The lowest BCUT2D eigenvalue weighted by molar-refractivity contribution is 0.103. The number of benzene rings is 2. The summed E-state index contributed by atoms with van der Waals surface area (Å²) in [5, 5.41) is 4.85. The number of sulfonamides is 1. The fourth-order valence-electron chi connectivity index (χ4n) is 3.30. The molecule has 0 unspecified atom stereocenters. The number of hydrogen-bond donors (Lipinski definition) is 1. The minimum atomic E-state index is -3.53. The molecule has 3 aromatic rings. The van der Waals surface area contributed by atoms with Gasteiger partial charge in [-0.2, -0.15) is 4.31 Å². The highest BCUT2D eigenvalue weighted by Gasteiger charge is 2.28. The van der Waals surface area contributed by atoms with Crippen molar-refractivity contribution in [2.45, 2.75) is 24.8 Å². The van der Waals surface area contributed by atoms with Gasteiger partial charge in [-0.05, 0) is 65.7 Å². The minimum Gasteiger partial charge on any atom is -0.321 e. The van der Waals surface area contributed by atoms with Crippen molar-refractivity contribution in [1.82, 2.24) is 4.31 Å². The maximum Gasteiger partial charge on any atom is 0.265 e. The summed E-state index contributed by atoms with van der Waals surface area (Å²) in [5.41, 5.74) is 3.77. The second-order valence-electron chi connectivity index (χ2n) is 6.83. The van der Waals surface area contributed by atoms with Crippen LogP contribution in [0.1, 0.15) is 26.4 Å². The van der Waals surface area contributed by atoms with Gasteiger partial charge < -0.3 is 5.32 Å². The molecule has 0 fully saturated rings. The van der Waals surface area contributed by atoms with Gasteiger partial charge in [0.05, 0.1) is 9.77 Å². The normalized spacial score (nSPS) is 14.5. The lowest BCUT2D eigenvalue weighted by atomic mass is 10.0. The third-order valence-electron chi connectivity index (χ3n) is 4.78. The molecule has 1 amide bonds. The number of nitrogens with one attached hydrogen (secondary N) is 1. The topological polar surface area (TPSA) is 66.5 Å². The average Bonchev–Trinajstić information content (AvgIpc) is 3.14. The van der Waals surface area contributed by atoms with Gasteiger partial charge in [0, 0.05) is 18.8 Å². The lowest BCUT2D eigenvalue weighted by Gasteiger charge is -2.28. The van der Waals surface area contributed by atoms with E-state index in [2.05, 4.69) is 5.32 Å². The fourth-order valence-corrected chi connectivity index (χ4v) is 5.53. The Morgan fingerprint density at radius 1 is 1.07 bits per heavy atom. The van der Waals surface area contributed by atoms with Crippen LogP contribution in [0.3, 0.4) is 0 Å². The van der Waals surface area contributed by atoms with E-state index in [1.807, 2.05) is 36.6 Å². The first kappa shape index (κ1) is 18.9. The standard InChI is InChI=1S/C21H20N2O3S2/c1-15-11-20(27-14-15)21(24)22-18-8-7-16-9-10-23(13-17(16)12-18)28(25,26)19-5-3-2-4-6-19/h2-8,11-12,14H,9-10,13H2,1H3,(H,22,24). The van der Waals surface area contributed by atoms with E-state index in [-0.39, 0.29) is 5.91 Å². The molecule has 1 aliphatic rings. The molecule has 0 saturated heterocycles. The van der Waals surface area contributed by atoms with Gasteiger partial charge in [-0.3, -0.25) is 4.79 Å². The number of thiophene rings is 1. The molecule has 144 valence electrons. The van der Waals surface area contributed by atoms with Gasteiger partial charge in [0.15, 0.2) is 0 Å². The molecular formula is C21H20N2O3S2. The van der Waals surface area contributed by atoms with Crippen molar-refractivity contribution in [2.75, 3.05) is 11.9 Å². The highest BCUT2D eigenvalue weighted by atomic mass is 32.2. The van der Waals surface area contributed by atoms with Gasteiger partial charge in [0.1, 0.15) is 0 Å². The quantitative estimate of drug-likeness (QED) is 0.703. The summed E-state index contributed by atoms with van der Waals surface area (Å²) in [4.78, 5) is 13.4. The maximum atomic E-state index is 12.9. The molecule has 0 aliphatic carbocycles. The van der Waals surface area contributed by atoms with Gasteiger partial charge in [-0.1, -0.05) is 24.3 Å². The number of fused-ring (bicyclic) bond motifs is 1. The van der Waals surface area contributed by atoms with Gasteiger partial charge in [0.2, 0.25) is 10.0 Å². The van der Waals surface area contributed by atoms with Crippen LogP contribution in [0.2, 0.25) is 0 Å². The van der Waals surface area contributed by atoms with Crippen molar-refractivity contribution in [3.63, 3.8) is 0 Å². The third-order valence-corrected chi connectivity index (χ3v) is 7.68. The van der Waals surface area contributed by atoms with E-state index in [0.717, 1.165) is 16.7 Å². The van der Waals surface area contributed by atoms with E-state index >= 15 is 0 Å². The summed E-state index contributed by atoms with van der Waals surface area (Å²) in [6.45, 7) is 2.70. The molecule has 1 aromatic heterocycles. The number of hydrogen-bond acceptors (Lipinski definition) is 4. The van der Waals surface area contributed by atoms with E-state index in [1.54, 1.807) is 30.3 Å². The Labute approximate surface area is 168 Å². The van der Waals surface area contributed by atoms with Crippen molar-refractivity contribution >= 4 is 33.0 Å². The molecule has 0 radical (unpaired) electrons. The zero-order valence-electron chi connectivity index (χ0n) is 15.4. The Balaban J connectivity index is 1.55. The van der Waals surface area contributed by atoms with Gasteiger partial charge >= 0.3 is 0 Å². The molecule has 0 bridgehead atoms. The molecule has 7 heteroatoms. The largest absolute Gasteiger partial charge is 0.321 e. The van der Waals surface area contributed by atoms with E-state index in [4.69, 9.17) is 0 Å². The number of nitrogens with zero attached hydrogens (tertiary/aromatic N) is 1. The first-order valence-corrected chi connectivity index (χ1v) is 11.3. The second kappa shape index (κ2) is 7.50. The first-order valence-electron chi connectivity index (χ1n) is 8.97. The van der Waals surface area contributed by atoms with E-state index in [9.17, 15) is 13.2 Å². The van der Waals surface area contributed by atoms with Crippen molar-refractivity contribution < 1.29 is 13.2 Å². The van der Waals surface area contributed by atoms with Crippen molar-refractivity contribution in [3.8, 4) is 0 Å². The van der Waals surface area contributed by atoms with E-state index < -0.39 is 10.0 Å². The molecule has 28 heavy (non-hydrogen) atoms. The van der Waals surface area contributed by atoms with Gasteiger partial charge in [-0.15, -0.1) is 11.3 Å². The average molecular weight is 413 g/mol. The SMILES string of the molecule is Cc1csc(C(=O)Nc2ccc3c(c2)CN(S(=O)(=O)c2ccccc2)CC3)c1. The Kier molecular flexibility index (Phi) is 5.05. The Morgan fingerprint density at radius 3 is 2.57 bits per heavy atom. The van der Waals surface area contributed by atoms with Crippen LogP contribution in [0, 0.1) is 6.92 Å². The van der Waals surface area contributed by atoms with Gasteiger partial charge in [0.25, 0.3) is 5.91 Å². The predicted molar refractivity (Wildman–Crippen MR) is 111 cm³/mol. The maximum absolute atomic E-state index is 12.9. The molecule has 0 spiro atoms. The van der Waals surface area contributed by atoms with Crippen LogP contribution >= 0.6 is 11.3 Å². The number of amides is 1. The molecule has 5 nitrogen and oxygen atoms in total. The van der Waals surface area contributed by atoms with Crippen LogP contribution < -0.4 is 5.32 Å². The summed E-state index contributed by atoms with van der Waals surface area (Å²) >= 11 is 1.41. The van der Waals surface area contributed by atoms with Crippen LogP contribution in [0.15, 0.2) is 64.9 Å². The molecule has 1 aliphatic heterocycles. The zero-order valence-corrected chi connectivity index (χ0v) is 17.0. The summed E-state index contributed by atoms with van der Waals surface area (Å²) in [6.07, 6.45) is 0.653. The van der Waals surface area contributed by atoms with Crippen LogP contribution in [0.4, 0.5) is 5.69 Å². The molecule has 2 heterocycles. The van der Waals surface area contributed by atoms with Crippen molar-refractivity contribution in [3.05, 3.63) is 81.5 Å². The summed E-state index contributed by atoms with van der Waals surface area (Å²) in [6, 6.07) is 16.1. The Morgan fingerprint density at radius 2 is 1.86 bits per heavy atom. The van der Waals surface area contributed by atoms with Crippen LogP contribution in [0.25, 0.3) is 0 Å². The smallest absolute Gasteiger partial charge is 0.265 e. The number of carbonyl (C=O) groups excluding carboxylic acids is 1. The lowest BCUT2D eigenvalue weighted by Crippen LogP contribution is -2.36. The Hall–Kier alpha value is -2.48. The molecule has 4 rings (SSSR count). The second-order valence-corrected chi connectivity index (χ2v) is 9.68. The van der Waals surface area contributed by atoms with Crippen molar-refractivity contribution in [1.29, 1.82) is 0 Å². The van der Waals surface area contributed by atoms with E-state index in [0.29, 0.717) is 35.0 Å². The van der Waals surface area contributed by atoms with Crippen LogP contribution in [-0.4, -0.2) is 25.2 Å². The highest BCUT2D eigenvalue weighted by Crippen LogP contribution is 2.27. The predicted octanol–water partition coefficient (Wildman–Crippen LogP) is 4.06. The molecule has 0 atom stereocenters. The van der Waals surface area contributed by atoms with Crippen LogP contribution in [-0.2, 0) is 23.0 Å². The summed E-state index contributed by atoms with van der Waals surface area (Å²) in [5.74, 6) is -0.150. The number of aryl methyl sites for hydroxylation is 1. The third kappa shape index (κ3) is 3.73. The van der Waals surface area contributed by atoms with E-state index in [1.165, 1.54) is 15.6 Å². The van der Waals surface area contributed by atoms with Crippen molar-refractivity contribution in [2.24, 2.45) is 0 Å². The first-order chi connectivity index (χ1) is 13.4. The molecular weight excluding hydrogens is 392 g/mol. The zero-order chi connectivity index (χ0) is 19.7. The summed E-state index contributed by atoms with van der Waals surface area (Å²) < 4.78 is 27.3. The van der Waals surface area contributed by atoms with Crippen LogP contribution in [0.5, 0.6) is 0 Å². The molecule has 1 N–H and O–H groups in total. The fraction of sp³-hybridized carbons (Fsp3) is 0.190. The molecule has 0 saturated carbocycles. The minimum absolute atomic E-state index is 0.150. The molecule has 2 aromatic carbocycles.